The van der Waals surface area contributed by atoms with Crippen LogP contribution in [-0.4, -0.2) is 28.5 Å². The lowest BCUT2D eigenvalue weighted by Gasteiger charge is -2.12. The predicted molar refractivity (Wildman–Crippen MR) is 147 cm³/mol. The molecule has 3 N–H and O–H groups in total. The number of aromatic nitrogens is 1. The molecule has 0 atom stereocenters. The van der Waals surface area contributed by atoms with Gasteiger partial charge in [0.1, 0.15) is 11.4 Å². The Morgan fingerprint density at radius 2 is 1.56 bits per heavy atom. The maximum atomic E-state index is 13.8. The van der Waals surface area contributed by atoms with E-state index in [1.807, 2.05) is 5.32 Å². The molecule has 3 amide bonds. The third-order valence-electron chi connectivity index (χ3n) is 5.36. The molecule has 4 rings (SSSR count). The van der Waals surface area contributed by atoms with E-state index in [9.17, 15) is 31.9 Å². The number of pyridine rings is 1. The predicted octanol–water partition coefficient (Wildman–Crippen LogP) is 5.78. The van der Waals surface area contributed by atoms with Crippen LogP contribution in [0, 0.1) is 23.3 Å². The molecule has 7 nitrogen and oxygen atoms in total. The van der Waals surface area contributed by atoms with Crippen LogP contribution < -0.4 is 16.0 Å². The van der Waals surface area contributed by atoms with Gasteiger partial charge in [-0.15, -0.1) is 11.8 Å². The highest BCUT2D eigenvalue weighted by atomic mass is 32.2. The van der Waals surface area contributed by atoms with Gasteiger partial charge in [0.2, 0.25) is 5.91 Å². The summed E-state index contributed by atoms with van der Waals surface area (Å²) in [6, 6.07) is 18.0. The molecular weight excluding hydrogens is 560 g/mol. The molecule has 41 heavy (non-hydrogen) atoms. The normalized spacial score (nSPS) is 11.1. The van der Waals surface area contributed by atoms with Crippen molar-refractivity contribution in [2.24, 2.45) is 0 Å². The number of carbonyl (C=O) groups is 3. The molecular formula is C29H20F4N4O3S. The van der Waals surface area contributed by atoms with E-state index < -0.39 is 46.7 Å². The number of hydrogen-bond acceptors (Lipinski definition) is 5. The van der Waals surface area contributed by atoms with Crippen molar-refractivity contribution >= 4 is 46.9 Å². The Labute approximate surface area is 235 Å². The third kappa shape index (κ3) is 7.79. The van der Waals surface area contributed by atoms with Crippen molar-refractivity contribution in [2.75, 3.05) is 16.4 Å². The van der Waals surface area contributed by atoms with E-state index in [4.69, 9.17) is 0 Å². The molecule has 208 valence electrons. The van der Waals surface area contributed by atoms with Crippen LogP contribution in [0.4, 0.5) is 28.9 Å². The minimum Gasteiger partial charge on any atom is -0.321 e. The van der Waals surface area contributed by atoms with E-state index >= 15 is 0 Å². The minimum atomic E-state index is -1.72. The van der Waals surface area contributed by atoms with Crippen LogP contribution in [-0.2, 0) is 9.59 Å². The fourth-order valence-corrected chi connectivity index (χ4v) is 4.19. The smallest absolute Gasteiger partial charge is 0.272 e. The van der Waals surface area contributed by atoms with Crippen molar-refractivity contribution in [3.05, 3.63) is 125 Å². The summed E-state index contributed by atoms with van der Waals surface area (Å²) in [6.07, 6.45) is 4.53. The Balaban J connectivity index is 1.45. The first-order valence-electron chi connectivity index (χ1n) is 11.9. The number of nitrogens with one attached hydrogen (secondary N) is 3. The highest BCUT2D eigenvalue weighted by Crippen LogP contribution is 2.26. The monoisotopic (exact) mass is 580 g/mol. The van der Waals surface area contributed by atoms with Gasteiger partial charge in [0.25, 0.3) is 11.8 Å². The molecule has 0 saturated carbocycles. The molecule has 1 aromatic heterocycles. The molecule has 0 saturated heterocycles. The van der Waals surface area contributed by atoms with Gasteiger partial charge in [-0.3, -0.25) is 19.4 Å². The largest absolute Gasteiger partial charge is 0.321 e. The highest BCUT2D eigenvalue weighted by molar-refractivity contribution is 8.00. The van der Waals surface area contributed by atoms with Crippen LogP contribution in [0.3, 0.4) is 0 Å². The molecule has 0 radical (unpaired) electrons. The van der Waals surface area contributed by atoms with Gasteiger partial charge in [-0.05, 0) is 48.0 Å². The van der Waals surface area contributed by atoms with Crippen molar-refractivity contribution < 1.29 is 31.9 Å². The van der Waals surface area contributed by atoms with E-state index in [2.05, 4.69) is 15.6 Å². The van der Waals surface area contributed by atoms with E-state index in [-0.39, 0.29) is 17.5 Å². The number of benzene rings is 3. The summed E-state index contributed by atoms with van der Waals surface area (Å²) < 4.78 is 54.5. The average molecular weight is 581 g/mol. The Morgan fingerprint density at radius 3 is 2.24 bits per heavy atom. The number of hydrogen-bond donors (Lipinski definition) is 3. The second-order valence-corrected chi connectivity index (χ2v) is 9.38. The van der Waals surface area contributed by atoms with Gasteiger partial charge >= 0.3 is 0 Å². The summed E-state index contributed by atoms with van der Waals surface area (Å²) in [5.41, 5.74) is -0.0619. The van der Waals surface area contributed by atoms with E-state index in [1.165, 1.54) is 18.3 Å². The van der Waals surface area contributed by atoms with Crippen molar-refractivity contribution in [2.45, 2.75) is 4.90 Å². The van der Waals surface area contributed by atoms with Gasteiger partial charge < -0.3 is 16.0 Å². The molecule has 1 heterocycles. The lowest BCUT2D eigenvalue weighted by Crippen LogP contribution is -2.30. The SMILES string of the molecule is O=C(CSc1cccc(NC(=O)/C(=C/c2cccnc2)NC(=O)c2ccccc2)c1)Nc1c(F)c(F)cc(F)c1F. The first kappa shape index (κ1) is 29.0. The fraction of sp³-hybridized carbons (Fsp3) is 0.0345. The van der Waals surface area contributed by atoms with Crippen LogP contribution in [0.5, 0.6) is 0 Å². The van der Waals surface area contributed by atoms with Gasteiger partial charge in [-0.2, -0.15) is 0 Å². The molecule has 0 unspecified atom stereocenters. The van der Waals surface area contributed by atoms with E-state index in [0.717, 1.165) is 11.8 Å². The lowest BCUT2D eigenvalue weighted by molar-refractivity contribution is -0.114. The third-order valence-corrected chi connectivity index (χ3v) is 6.36. The van der Waals surface area contributed by atoms with E-state index in [1.54, 1.807) is 66.9 Å². The first-order valence-corrected chi connectivity index (χ1v) is 12.8. The second-order valence-electron chi connectivity index (χ2n) is 8.33. The Morgan fingerprint density at radius 1 is 0.829 bits per heavy atom. The quantitative estimate of drug-likeness (QED) is 0.101. The van der Waals surface area contributed by atoms with Gasteiger partial charge in [0.05, 0.1) is 5.75 Å². The van der Waals surface area contributed by atoms with Crippen LogP contribution in [0.1, 0.15) is 15.9 Å². The topological polar surface area (TPSA) is 100 Å². The fourth-order valence-electron chi connectivity index (χ4n) is 3.44. The Hall–Kier alpha value is -4.97. The Kier molecular flexibility index (Phi) is 9.48. The second kappa shape index (κ2) is 13.4. The number of rotatable bonds is 9. The van der Waals surface area contributed by atoms with Gasteiger partial charge in [-0.25, -0.2) is 17.6 Å². The Bertz CT molecular complexity index is 1590. The van der Waals surface area contributed by atoms with Crippen molar-refractivity contribution in [1.82, 2.24) is 10.3 Å². The molecule has 12 heteroatoms. The maximum Gasteiger partial charge on any atom is 0.272 e. The zero-order chi connectivity index (χ0) is 29.4. The van der Waals surface area contributed by atoms with E-state index in [0.29, 0.717) is 21.7 Å². The summed E-state index contributed by atoms with van der Waals surface area (Å²) >= 11 is 0.940. The molecule has 0 aliphatic carbocycles. The molecule has 3 aromatic carbocycles. The van der Waals surface area contributed by atoms with Gasteiger partial charge in [0.15, 0.2) is 23.3 Å². The number of halogens is 4. The average Bonchev–Trinajstić information content (AvgIpc) is 2.98. The standard InChI is InChI=1S/C29H20F4N4O3S/c30-21-14-22(31)26(33)27(25(21)32)37-24(38)16-41-20-10-4-9-19(13-20)35-29(40)23(12-17-6-5-11-34-15-17)36-28(39)18-7-2-1-3-8-18/h1-15H,16H2,(H,35,40)(H,36,39)(H,37,38)/b23-12-. The van der Waals surface area contributed by atoms with Crippen LogP contribution in [0.15, 0.2) is 95.8 Å². The number of nitrogens with zero attached hydrogens (tertiary/aromatic N) is 1. The number of anilines is 2. The van der Waals surface area contributed by atoms with Crippen LogP contribution in [0.2, 0.25) is 0 Å². The number of amides is 3. The van der Waals surface area contributed by atoms with Gasteiger partial charge in [-0.1, -0.05) is 30.3 Å². The molecule has 0 fully saturated rings. The van der Waals surface area contributed by atoms with Crippen LogP contribution >= 0.6 is 11.8 Å². The summed E-state index contributed by atoms with van der Waals surface area (Å²) in [7, 11) is 0. The first-order chi connectivity index (χ1) is 19.7. The summed E-state index contributed by atoms with van der Waals surface area (Å²) in [6.45, 7) is 0. The van der Waals surface area contributed by atoms with Crippen LogP contribution in [0.25, 0.3) is 6.08 Å². The lowest BCUT2D eigenvalue weighted by atomic mass is 10.2. The van der Waals surface area contributed by atoms with Crippen molar-refractivity contribution in [3.8, 4) is 0 Å². The van der Waals surface area contributed by atoms with Crippen molar-refractivity contribution in [3.63, 3.8) is 0 Å². The summed E-state index contributed by atoms with van der Waals surface area (Å²) in [5, 5.41) is 7.12. The zero-order valence-corrected chi connectivity index (χ0v) is 21.8. The molecule has 0 spiro atoms. The highest BCUT2D eigenvalue weighted by Gasteiger charge is 2.21. The maximum absolute atomic E-state index is 13.8. The summed E-state index contributed by atoms with van der Waals surface area (Å²) in [5.74, 6) is -9.16. The van der Waals surface area contributed by atoms with Gasteiger partial charge in [0, 0.05) is 34.6 Å². The zero-order valence-electron chi connectivity index (χ0n) is 21.0. The molecule has 0 aliphatic rings. The summed E-state index contributed by atoms with van der Waals surface area (Å²) in [4.78, 5) is 42.6. The number of carbonyl (C=O) groups excluding carboxylic acids is 3. The molecule has 0 bridgehead atoms. The van der Waals surface area contributed by atoms with Crippen molar-refractivity contribution in [1.29, 1.82) is 0 Å². The molecule has 0 aliphatic heterocycles. The molecule has 4 aromatic rings. The minimum absolute atomic E-state index is 0.0410. The number of thioether (sulfide) groups is 1.